The van der Waals surface area contributed by atoms with Gasteiger partial charge in [-0.2, -0.15) is 0 Å². The summed E-state index contributed by atoms with van der Waals surface area (Å²) in [5, 5.41) is 3.38. The van der Waals surface area contributed by atoms with Crippen LogP contribution in [0, 0.1) is 11.2 Å². The van der Waals surface area contributed by atoms with Crippen LogP contribution < -0.4 is 5.32 Å². The highest BCUT2D eigenvalue weighted by atomic mass is 79.9. The predicted molar refractivity (Wildman–Crippen MR) is 77.8 cm³/mol. The monoisotopic (exact) mass is 327 g/mol. The Kier molecular flexibility index (Phi) is 3.56. The third kappa shape index (κ3) is 2.19. The Morgan fingerprint density at radius 2 is 2.26 bits per heavy atom. The summed E-state index contributed by atoms with van der Waals surface area (Å²) >= 11 is 3.39. The number of anilines is 1. The molecule has 4 heteroatoms. The molecule has 2 aliphatic rings. The summed E-state index contributed by atoms with van der Waals surface area (Å²) in [6, 6.07) is 5.39. The van der Waals surface area contributed by atoms with Crippen molar-refractivity contribution in [2.24, 2.45) is 5.41 Å². The van der Waals surface area contributed by atoms with E-state index in [0.29, 0.717) is 17.8 Å². The maximum atomic E-state index is 13.8. The Morgan fingerprint density at radius 1 is 1.47 bits per heavy atom. The maximum absolute atomic E-state index is 13.8. The van der Waals surface area contributed by atoms with Crippen LogP contribution in [-0.2, 0) is 4.74 Å². The van der Waals surface area contributed by atoms with Crippen LogP contribution in [0.5, 0.6) is 0 Å². The van der Waals surface area contributed by atoms with E-state index >= 15 is 0 Å². The number of benzene rings is 1. The Morgan fingerprint density at radius 3 is 2.89 bits per heavy atom. The van der Waals surface area contributed by atoms with E-state index in [1.807, 2.05) is 13.0 Å². The van der Waals surface area contributed by atoms with Crippen molar-refractivity contribution in [3.63, 3.8) is 0 Å². The summed E-state index contributed by atoms with van der Waals surface area (Å²) in [6.07, 6.45) is 5.01. The lowest BCUT2D eigenvalue weighted by Crippen LogP contribution is -2.64. The minimum atomic E-state index is -0.183. The average molecular weight is 328 g/mol. The van der Waals surface area contributed by atoms with Gasteiger partial charge in [0, 0.05) is 22.5 Å². The normalized spacial score (nSPS) is 27.7. The van der Waals surface area contributed by atoms with E-state index < -0.39 is 0 Å². The summed E-state index contributed by atoms with van der Waals surface area (Å²) in [5.41, 5.74) is 0.853. The van der Waals surface area contributed by atoms with Crippen LogP contribution in [0.4, 0.5) is 10.1 Å². The molecule has 2 saturated carbocycles. The van der Waals surface area contributed by atoms with Gasteiger partial charge in [-0.05, 0) is 44.4 Å². The van der Waals surface area contributed by atoms with Gasteiger partial charge in [0.05, 0.1) is 11.8 Å². The SMILES string of the molecule is CCOC1CC(Nc2cc(Br)ccc2F)C12CCC2. The van der Waals surface area contributed by atoms with Gasteiger partial charge in [-0.25, -0.2) is 4.39 Å². The van der Waals surface area contributed by atoms with Gasteiger partial charge in [-0.1, -0.05) is 22.4 Å². The number of rotatable bonds is 4. The van der Waals surface area contributed by atoms with Crippen LogP contribution in [-0.4, -0.2) is 18.8 Å². The average Bonchev–Trinajstić information content (AvgIpc) is 2.30. The van der Waals surface area contributed by atoms with Crippen molar-refractivity contribution in [1.82, 2.24) is 0 Å². The third-order valence-electron chi connectivity index (χ3n) is 4.70. The molecule has 0 radical (unpaired) electrons. The van der Waals surface area contributed by atoms with Crippen LogP contribution in [0.3, 0.4) is 0 Å². The molecular weight excluding hydrogens is 309 g/mol. The van der Waals surface area contributed by atoms with E-state index in [4.69, 9.17) is 4.74 Å². The number of ether oxygens (including phenoxy) is 1. The van der Waals surface area contributed by atoms with E-state index in [2.05, 4.69) is 21.2 Å². The Labute approximate surface area is 121 Å². The van der Waals surface area contributed by atoms with Crippen molar-refractivity contribution in [3.05, 3.63) is 28.5 Å². The summed E-state index contributed by atoms with van der Waals surface area (Å²) in [7, 11) is 0. The Hall–Kier alpha value is -0.610. The summed E-state index contributed by atoms with van der Waals surface area (Å²) < 4.78 is 20.5. The van der Waals surface area contributed by atoms with E-state index in [0.717, 1.165) is 17.5 Å². The van der Waals surface area contributed by atoms with Gasteiger partial charge in [0.15, 0.2) is 0 Å². The van der Waals surface area contributed by atoms with Crippen molar-refractivity contribution < 1.29 is 9.13 Å². The molecule has 2 unspecified atom stereocenters. The van der Waals surface area contributed by atoms with Gasteiger partial charge in [-0.15, -0.1) is 0 Å². The lowest BCUT2D eigenvalue weighted by Gasteiger charge is -2.61. The van der Waals surface area contributed by atoms with Gasteiger partial charge in [0.2, 0.25) is 0 Å². The molecule has 2 fully saturated rings. The summed E-state index contributed by atoms with van der Waals surface area (Å²) in [4.78, 5) is 0. The molecule has 1 spiro atoms. The van der Waals surface area contributed by atoms with E-state index in [1.165, 1.54) is 25.3 Å². The molecule has 0 saturated heterocycles. The molecule has 2 nitrogen and oxygen atoms in total. The smallest absolute Gasteiger partial charge is 0.146 e. The molecule has 1 aromatic carbocycles. The van der Waals surface area contributed by atoms with Gasteiger partial charge in [-0.3, -0.25) is 0 Å². The molecule has 0 amide bonds. The zero-order chi connectivity index (χ0) is 13.5. The minimum Gasteiger partial charge on any atom is -0.379 e. The first kappa shape index (κ1) is 13.4. The van der Waals surface area contributed by atoms with Crippen LogP contribution in [0.1, 0.15) is 32.6 Å². The van der Waals surface area contributed by atoms with Gasteiger partial charge in [0.1, 0.15) is 5.82 Å². The number of nitrogens with one attached hydrogen (secondary N) is 1. The van der Waals surface area contributed by atoms with Crippen molar-refractivity contribution in [1.29, 1.82) is 0 Å². The van der Waals surface area contributed by atoms with Crippen LogP contribution in [0.15, 0.2) is 22.7 Å². The fourth-order valence-electron chi connectivity index (χ4n) is 3.44. The van der Waals surface area contributed by atoms with Crippen molar-refractivity contribution >= 4 is 21.6 Å². The van der Waals surface area contributed by atoms with Gasteiger partial charge >= 0.3 is 0 Å². The van der Waals surface area contributed by atoms with E-state index in [9.17, 15) is 4.39 Å². The molecule has 104 valence electrons. The van der Waals surface area contributed by atoms with Crippen LogP contribution in [0.2, 0.25) is 0 Å². The minimum absolute atomic E-state index is 0.183. The van der Waals surface area contributed by atoms with Crippen LogP contribution in [0.25, 0.3) is 0 Å². The first-order valence-corrected chi connectivity index (χ1v) is 7.78. The number of halogens is 2. The molecule has 1 N–H and O–H groups in total. The zero-order valence-electron chi connectivity index (χ0n) is 11.1. The quantitative estimate of drug-likeness (QED) is 0.887. The molecule has 1 aromatic rings. The van der Waals surface area contributed by atoms with Gasteiger partial charge < -0.3 is 10.1 Å². The van der Waals surface area contributed by atoms with Crippen LogP contribution >= 0.6 is 15.9 Å². The number of hydrogen-bond acceptors (Lipinski definition) is 2. The molecule has 0 aromatic heterocycles. The second kappa shape index (κ2) is 5.06. The molecule has 0 heterocycles. The first-order chi connectivity index (χ1) is 9.15. The van der Waals surface area contributed by atoms with E-state index in [1.54, 1.807) is 6.07 Å². The molecule has 3 rings (SSSR count). The first-order valence-electron chi connectivity index (χ1n) is 6.99. The second-order valence-electron chi connectivity index (χ2n) is 5.59. The van der Waals surface area contributed by atoms with Gasteiger partial charge in [0.25, 0.3) is 0 Å². The summed E-state index contributed by atoms with van der Waals surface area (Å²) in [6.45, 7) is 2.81. The molecular formula is C15H19BrFNO. The molecule has 19 heavy (non-hydrogen) atoms. The highest BCUT2D eigenvalue weighted by Gasteiger charge is 2.58. The molecule has 2 aliphatic carbocycles. The topological polar surface area (TPSA) is 21.3 Å². The van der Waals surface area contributed by atoms with Crippen molar-refractivity contribution in [2.75, 3.05) is 11.9 Å². The molecule has 0 bridgehead atoms. The van der Waals surface area contributed by atoms with E-state index in [-0.39, 0.29) is 11.2 Å². The number of hydrogen-bond donors (Lipinski definition) is 1. The maximum Gasteiger partial charge on any atom is 0.146 e. The standard InChI is InChI=1S/C15H19BrFNO/c1-2-19-14-9-13(15(14)6-3-7-15)18-12-8-10(16)4-5-11(12)17/h4-5,8,13-14,18H,2-3,6-7,9H2,1H3. The lowest BCUT2D eigenvalue weighted by molar-refractivity contribution is -0.157. The molecule has 2 atom stereocenters. The Balaban J connectivity index is 1.72. The lowest BCUT2D eigenvalue weighted by atomic mass is 9.51. The third-order valence-corrected chi connectivity index (χ3v) is 5.19. The second-order valence-corrected chi connectivity index (χ2v) is 6.50. The summed E-state index contributed by atoms with van der Waals surface area (Å²) in [5.74, 6) is -0.183. The fourth-order valence-corrected chi connectivity index (χ4v) is 3.80. The highest BCUT2D eigenvalue weighted by Crippen LogP contribution is 2.58. The predicted octanol–water partition coefficient (Wildman–Crippen LogP) is 4.35. The van der Waals surface area contributed by atoms with Crippen molar-refractivity contribution in [3.8, 4) is 0 Å². The Bertz CT molecular complexity index is 475. The van der Waals surface area contributed by atoms with Crippen molar-refractivity contribution in [2.45, 2.75) is 44.8 Å². The largest absolute Gasteiger partial charge is 0.379 e. The fraction of sp³-hybridized carbons (Fsp3) is 0.600. The highest BCUT2D eigenvalue weighted by molar-refractivity contribution is 9.10. The zero-order valence-corrected chi connectivity index (χ0v) is 12.7. The molecule has 0 aliphatic heterocycles.